The largest absolute Gasteiger partial charge is 0.370 e. The highest BCUT2D eigenvalue weighted by molar-refractivity contribution is 14.0. The highest BCUT2D eigenvalue weighted by Gasteiger charge is 2.21. The van der Waals surface area contributed by atoms with E-state index in [2.05, 4.69) is 69.2 Å². The Morgan fingerprint density at radius 1 is 1.30 bits per heavy atom. The highest BCUT2D eigenvalue weighted by atomic mass is 127. The van der Waals surface area contributed by atoms with Crippen LogP contribution in [0.5, 0.6) is 0 Å². The zero-order valence-electron chi connectivity index (χ0n) is 13.2. The van der Waals surface area contributed by atoms with Crippen molar-refractivity contribution in [2.75, 3.05) is 13.1 Å². The first-order chi connectivity index (χ1) is 8.83. The second-order valence-electron chi connectivity index (χ2n) is 6.18. The zero-order valence-corrected chi connectivity index (χ0v) is 15.6. The first kappa shape index (κ1) is 19.2. The Morgan fingerprint density at radius 3 is 2.45 bits per heavy atom. The number of nitrogens with one attached hydrogen (secondary N) is 1. The minimum atomic E-state index is -0.00449. The monoisotopic (exact) mass is 389 g/mol. The van der Waals surface area contributed by atoms with Crippen molar-refractivity contribution in [1.29, 1.82) is 0 Å². The van der Waals surface area contributed by atoms with Crippen molar-refractivity contribution in [3.8, 4) is 0 Å². The molecule has 20 heavy (non-hydrogen) atoms. The maximum atomic E-state index is 5.88. The molecule has 0 saturated carbocycles. The normalized spacial score (nSPS) is 12.2. The van der Waals surface area contributed by atoms with E-state index in [9.17, 15) is 0 Å². The summed E-state index contributed by atoms with van der Waals surface area (Å²) in [6.45, 7) is 12.4. The van der Waals surface area contributed by atoms with E-state index in [1.54, 1.807) is 0 Å². The topological polar surface area (TPSA) is 50.4 Å². The molecule has 4 heteroatoms. The summed E-state index contributed by atoms with van der Waals surface area (Å²) in [5.74, 6) is 1.11. The van der Waals surface area contributed by atoms with Crippen molar-refractivity contribution in [2.45, 2.75) is 40.0 Å². The molecule has 114 valence electrons. The first-order valence-corrected chi connectivity index (χ1v) is 6.93. The Kier molecular flexibility index (Phi) is 8.16. The van der Waals surface area contributed by atoms with Gasteiger partial charge in [0.2, 0.25) is 0 Å². The Hall–Kier alpha value is -0.780. The Labute approximate surface area is 140 Å². The molecule has 0 amide bonds. The molecule has 0 heterocycles. The quantitative estimate of drug-likeness (QED) is 0.461. The number of aliphatic imine (C=N–C) groups is 1. The predicted molar refractivity (Wildman–Crippen MR) is 99.0 cm³/mol. The van der Waals surface area contributed by atoms with Crippen molar-refractivity contribution < 1.29 is 0 Å². The molecule has 0 unspecified atom stereocenters. The lowest BCUT2D eigenvalue weighted by molar-refractivity contribution is 0.534. The number of aryl methyl sites for hydroxylation is 1. The van der Waals surface area contributed by atoms with E-state index < -0.39 is 0 Å². The SMILES string of the molecule is Cc1ccccc1C(C)(C)CN=C(N)NCC(C)C.I. The third-order valence-electron chi connectivity index (χ3n) is 3.21. The summed E-state index contributed by atoms with van der Waals surface area (Å²) in [7, 11) is 0. The molecule has 1 aromatic rings. The van der Waals surface area contributed by atoms with Gasteiger partial charge >= 0.3 is 0 Å². The van der Waals surface area contributed by atoms with E-state index in [0.29, 0.717) is 18.4 Å². The smallest absolute Gasteiger partial charge is 0.188 e. The van der Waals surface area contributed by atoms with E-state index in [-0.39, 0.29) is 29.4 Å². The summed E-state index contributed by atoms with van der Waals surface area (Å²) < 4.78 is 0. The maximum absolute atomic E-state index is 5.88. The lowest BCUT2D eigenvalue weighted by Crippen LogP contribution is -2.36. The van der Waals surface area contributed by atoms with Crippen LogP contribution < -0.4 is 11.1 Å². The minimum absolute atomic E-state index is 0. The number of rotatable bonds is 5. The summed E-state index contributed by atoms with van der Waals surface area (Å²) in [6, 6.07) is 8.45. The fourth-order valence-electron chi connectivity index (χ4n) is 2.06. The van der Waals surface area contributed by atoms with Crippen LogP contribution in [0.3, 0.4) is 0 Å². The number of nitrogens with zero attached hydrogens (tertiary/aromatic N) is 1. The minimum Gasteiger partial charge on any atom is -0.370 e. The molecule has 3 nitrogen and oxygen atoms in total. The van der Waals surface area contributed by atoms with Crippen LogP contribution in [0.2, 0.25) is 0 Å². The number of guanidine groups is 1. The molecule has 1 aromatic carbocycles. The number of hydrogen-bond donors (Lipinski definition) is 2. The van der Waals surface area contributed by atoms with Crippen molar-refractivity contribution >= 4 is 29.9 Å². The molecule has 0 aliphatic carbocycles. The molecular formula is C16H28IN3. The lowest BCUT2D eigenvalue weighted by atomic mass is 9.82. The van der Waals surface area contributed by atoms with Gasteiger partial charge in [-0.2, -0.15) is 0 Å². The van der Waals surface area contributed by atoms with Gasteiger partial charge in [0.05, 0.1) is 6.54 Å². The fraction of sp³-hybridized carbons (Fsp3) is 0.562. The summed E-state index contributed by atoms with van der Waals surface area (Å²) >= 11 is 0. The van der Waals surface area contributed by atoms with Crippen molar-refractivity contribution in [3.63, 3.8) is 0 Å². The van der Waals surface area contributed by atoms with Crippen LogP contribution in [-0.2, 0) is 5.41 Å². The molecule has 0 radical (unpaired) electrons. The Bertz CT molecular complexity index is 439. The van der Waals surface area contributed by atoms with Crippen LogP contribution in [0, 0.1) is 12.8 Å². The Morgan fingerprint density at radius 2 is 1.90 bits per heavy atom. The molecular weight excluding hydrogens is 361 g/mol. The molecule has 0 aliphatic rings. The van der Waals surface area contributed by atoms with Crippen molar-refractivity contribution in [2.24, 2.45) is 16.6 Å². The molecule has 0 spiro atoms. The van der Waals surface area contributed by atoms with Gasteiger partial charge in [0, 0.05) is 12.0 Å². The molecule has 0 bridgehead atoms. The number of nitrogens with two attached hydrogens (primary N) is 1. The van der Waals surface area contributed by atoms with Crippen molar-refractivity contribution in [3.05, 3.63) is 35.4 Å². The second-order valence-corrected chi connectivity index (χ2v) is 6.18. The second kappa shape index (κ2) is 8.49. The van der Waals surface area contributed by atoms with E-state index >= 15 is 0 Å². The van der Waals surface area contributed by atoms with E-state index in [0.717, 1.165) is 6.54 Å². The van der Waals surface area contributed by atoms with Gasteiger partial charge in [0.15, 0.2) is 5.96 Å². The fourth-order valence-corrected chi connectivity index (χ4v) is 2.06. The van der Waals surface area contributed by atoms with Gasteiger partial charge in [-0.1, -0.05) is 52.0 Å². The van der Waals surface area contributed by atoms with Gasteiger partial charge in [-0.25, -0.2) is 0 Å². The van der Waals surface area contributed by atoms with Gasteiger partial charge in [0.1, 0.15) is 0 Å². The molecule has 1 rings (SSSR count). The van der Waals surface area contributed by atoms with Crippen LogP contribution in [0.4, 0.5) is 0 Å². The van der Waals surface area contributed by atoms with Gasteiger partial charge in [0.25, 0.3) is 0 Å². The van der Waals surface area contributed by atoms with Crippen LogP contribution >= 0.6 is 24.0 Å². The average molecular weight is 389 g/mol. The third kappa shape index (κ3) is 6.11. The van der Waals surface area contributed by atoms with Crippen molar-refractivity contribution in [1.82, 2.24) is 5.32 Å². The third-order valence-corrected chi connectivity index (χ3v) is 3.21. The van der Waals surface area contributed by atoms with Gasteiger partial charge in [-0.15, -0.1) is 24.0 Å². The summed E-state index contributed by atoms with van der Waals surface area (Å²) in [4.78, 5) is 4.47. The van der Waals surface area contributed by atoms with Crippen LogP contribution in [0.15, 0.2) is 29.3 Å². The number of halogens is 1. The molecule has 0 aromatic heterocycles. The molecule has 0 saturated heterocycles. The van der Waals surface area contributed by atoms with E-state index in [4.69, 9.17) is 5.73 Å². The predicted octanol–water partition coefficient (Wildman–Crippen LogP) is 3.45. The molecule has 0 atom stereocenters. The summed E-state index contributed by atoms with van der Waals surface area (Å²) in [5.41, 5.74) is 8.51. The lowest BCUT2D eigenvalue weighted by Gasteiger charge is -2.25. The molecule has 0 fully saturated rings. The number of benzene rings is 1. The molecule has 3 N–H and O–H groups in total. The first-order valence-electron chi connectivity index (χ1n) is 6.93. The van der Waals surface area contributed by atoms with Gasteiger partial charge in [-0.3, -0.25) is 4.99 Å². The van der Waals surface area contributed by atoms with Crippen LogP contribution in [0.25, 0.3) is 0 Å². The highest BCUT2D eigenvalue weighted by Crippen LogP contribution is 2.26. The number of hydrogen-bond acceptors (Lipinski definition) is 1. The summed E-state index contributed by atoms with van der Waals surface area (Å²) in [6.07, 6.45) is 0. The zero-order chi connectivity index (χ0) is 14.5. The Balaban J connectivity index is 0.00000361. The summed E-state index contributed by atoms with van der Waals surface area (Å²) in [5, 5.41) is 3.15. The van der Waals surface area contributed by atoms with Gasteiger partial charge in [-0.05, 0) is 24.0 Å². The van der Waals surface area contributed by atoms with E-state index in [1.165, 1.54) is 11.1 Å². The standard InChI is InChI=1S/C16H27N3.HI/c1-12(2)10-18-15(17)19-11-16(4,5)14-9-7-6-8-13(14)3;/h6-9,12H,10-11H2,1-5H3,(H3,17,18,19);1H. The van der Waals surface area contributed by atoms with Gasteiger partial charge < -0.3 is 11.1 Å². The molecule has 0 aliphatic heterocycles. The average Bonchev–Trinajstić information content (AvgIpc) is 2.34. The van der Waals surface area contributed by atoms with Crippen LogP contribution in [0.1, 0.15) is 38.8 Å². The maximum Gasteiger partial charge on any atom is 0.188 e. The van der Waals surface area contributed by atoms with Crippen LogP contribution in [-0.4, -0.2) is 19.0 Å². The van der Waals surface area contributed by atoms with E-state index in [1.807, 2.05) is 0 Å².